The van der Waals surface area contributed by atoms with Crippen molar-refractivity contribution in [2.45, 2.75) is 12.8 Å². The van der Waals surface area contributed by atoms with E-state index in [1.54, 1.807) is 6.20 Å². The number of benzene rings is 1. The SMILES string of the molecule is O=S1(=O)CCC(Cc2nc(-c3ccc(-c4ccn[nH]4)cc3)no2)C1. The number of nitrogens with one attached hydrogen (secondary N) is 1. The lowest BCUT2D eigenvalue weighted by molar-refractivity contribution is 0.359. The van der Waals surface area contributed by atoms with Gasteiger partial charge in [-0.3, -0.25) is 5.10 Å². The molecule has 1 aromatic carbocycles. The van der Waals surface area contributed by atoms with Crippen molar-refractivity contribution in [3.05, 3.63) is 42.4 Å². The number of aromatic amines is 1. The van der Waals surface area contributed by atoms with E-state index in [9.17, 15) is 8.42 Å². The molecule has 1 aliphatic heterocycles. The first-order chi connectivity index (χ1) is 11.6. The second-order valence-corrected chi connectivity index (χ2v) is 8.26. The maximum atomic E-state index is 11.5. The Hall–Kier alpha value is -2.48. The molecule has 8 heteroatoms. The normalized spacial score (nSPS) is 19.6. The van der Waals surface area contributed by atoms with Crippen LogP contribution in [0.3, 0.4) is 0 Å². The van der Waals surface area contributed by atoms with Gasteiger partial charge in [0.2, 0.25) is 11.7 Å². The minimum absolute atomic E-state index is 0.0751. The van der Waals surface area contributed by atoms with E-state index in [0.29, 0.717) is 24.6 Å². The van der Waals surface area contributed by atoms with E-state index >= 15 is 0 Å². The summed E-state index contributed by atoms with van der Waals surface area (Å²) in [6, 6.07) is 9.66. The fourth-order valence-electron chi connectivity index (χ4n) is 2.95. The molecule has 0 radical (unpaired) electrons. The summed E-state index contributed by atoms with van der Waals surface area (Å²) in [6.45, 7) is 0. The van der Waals surface area contributed by atoms with Crippen LogP contribution in [0.15, 0.2) is 41.1 Å². The van der Waals surface area contributed by atoms with Crippen molar-refractivity contribution >= 4 is 9.84 Å². The van der Waals surface area contributed by atoms with Crippen molar-refractivity contribution < 1.29 is 12.9 Å². The van der Waals surface area contributed by atoms with E-state index < -0.39 is 9.84 Å². The molecule has 24 heavy (non-hydrogen) atoms. The summed E-state index contributed by atoms with van der Waals surface area (Å²) in [5.74, 6) is 1.55. The van der Waals surface area contributed by atoms with Crippen LogP contribution in [0, 0.1) is 5.92 Å². The van der Waals surface area contributed by atoms with Gasteiger partial charge in [0, 0.05) is 18.2 Å². The Labute approximate surface area is 139 Å². The molecule has 1 aliphatic rings. The Morgan fingerprint density at radius 2 is 1.96 bits per heavy atom. The molecule has 0 amide bonds. The average Bonchev–Trinajstić information content (AvgIpc) is 3.29. The van der Waals surface area contributed by atoms with Gasteiger partial charge < -0.3 is 4.52 Å². The molecule has 2 aromatic heterocycles. The van der Waals surface area contributed by atoms with Gasteiger partial charge in [0.1, 0.15) is 0 Å². The van der Waals surface area contributed by atoms with E-state index in [2.05, 4.69) is 20.3 Å². The second kappa shape index (κ2) is 5.86. The molecule has 0 saturated carbocycles. The molecule has 124 valence electrons. The van der Waals surface area contributed by atoms with Gasteiger partial charge >= 0.3 is 0 Å². The number of nitrogens with zero attached hydrogens (tertiary/aromatic N) is 3. The second-order valence-electron chi connectivity index (χ2n) is 6.03. The summed E-state index contributed by atoms with van der Waals surface area (Å²) in [6.07, 6.45) is 2.88. The zero-order valence-corrected chi connectivity index (χ0v) is 13.7. The number of rotatable bonds is 4. The summed E-state index contributed by atoms with van der Waals surface area (Å²) in [7, 11) is -2.89. The lowest BCUT2D eigenvalue weighted by Crippen LogP contribution is -2.07. The first-order valence-electron chi connectivity index (χ1n) is 7.72. The highest BCUT2D eigenvalue weighted by Gasteiger charge is 2.29. The molecular formula is C16H16N4O3S. The summed E-state index contributed by atoms with van der Waals surface area (Å²) in [5.41, 5.74) is 2.82. The number of sulfone groups is 1. The van der Waals surface area contributed by atoms with Crippen LogP contribution in [0.1, 0.15) is 12.3 Å². The van der Waals surface area contributed by atoms with Crippen molar-refractivity contribution in [3.8, 4) is 22.6 Å². The van der Waals surface area contributed by atoms with Gasteiger partial charge in [-0.2, -0.15) is 10.1 Å². The lowest BCUT2D eigenvalue weighted by Gasteiger charge is -2.01. The van der Waals surface area contributed by atoms with E-state index in [-0.39, 0.29) is 17.4 Å². The Balaban J connectivity index is 1.48. The molecule has 3 aromatic rings. The van der Waals surface area contributed by atoms with Crippen LogP contribution in [0.2, 0.25) is 0 Å². The minimum Gasteiger partial charge on any atom is -0.339 e. The molecule has 4 rings (SSSR count). The zero-order chi connectivity index (χ0) is 16.6. The van der Waals surface area contributed by atoms with Crippen LogP contribution in [0.5, 0.6) is 0 Å². The monoisotopic (exact) mass is 344 g/mol. The van der Waals surface area contributed by atoms with Crippen molar-refractivity contribution in [2.75, 3.05) is 11.5 Å². The maximum Gasteiger partial charge on any atom is 0.227 e. The van der Waals surface area contributed by atoms with Crippen LogP contribution in [-0.2, 0) is 16.3 Å². The molecule has 0 aliphatic carbocycles. The van der Waals surface area contributed by atoms with Crippen molar-refractivity contribution in [1.29, 1.82) is 0 Å². The molecule has 3 heterocycles. The van der Waals surface area contributed by atoms with Crippen LogP contribution >= 0.6 is 0 Å². The smallest absolute Gasteiger partial charge is 0.227 e. The molecule has 7 nitrogen and oxygen atoms in total. The highest BCUT2D eigenvalue weighted by molar-refractivity contribution is 7.91. The third-order valence-electron chi connectivity index (χ3n) is 4.21. The summed E-state index contributed by atoms with van der Waals surface area (Å²) >= 11 is 0. The predicted octanol–water partition coefficient (Wildman–Crippen LogP) is 2.10. The third-order valence-corrected chi connectivity index (χ3v) is 6.05. The highest BCUT2D eigenvalue weighted by Crippen LogP contribution is 2.25. The minimum atomic E-state index is -2.89. The zero-order valence-electron chi connectivity index (χ0n) is 12.8. The van der Waals surface area contributed by atoms with Crippen molar-refractivity contribution in [2.24, 2.45) is 5.92 Å². The third kappa shape index (κ3) is 3.09. The van der Waals surface area contributed by atoms with E-state index in [1.807, 2.05) is 30.3 Å². The van der Waals surface area contributed by atoms with E-state index in [1.165, 1.54) is 0 Å². The predicted molar refractivity (Wildman–Crippen MR) is 87.8 cm³/mol. The van der Waals surface area contributed by atoms with Crippen LogP contribution in [0.4, 0.5) is 0 Å². The molecular weight excluding hydrogens is 328 g/mol. The molecule has 0 bridgehead atoms. The van der Waals surface area contributed by atoms with E-state index in [4.69, 9.17) is 4.52 Å². The van der Waals surface area contributed by atoms with E-state index in [0.717, 1.165) is 16.8 Å². The quantitative estimate of drug-likeness (QED) is 0.778. The van der Waals surface area contributed by atoms with Crippen molar-refractivity contribution in [3.63, 3.8) is 0 Å². The first-order valence-corrected chi connectivity index (χ1v) is 9.54. The van der Waals surface area contributed by atoms with Gasteiger partial charge in [-0.25, -0.2) is 8.42 Å². The Kier molecular flexibility index (Phi) is 3.68. The Morgan fingerprint density at radius 1 is 1.17 bits per heavy atom. The van der Waals surface area contributed by atoms with Crippen LogP contribution in [0.25, 0.3) is 22.6 Å². The Morgan fingerprint density at radius 3 is 2.62 bits per heavy atom. The molecule has 1 N–H and O–H groups in total. The highest BCUT2D eigenvalue weighted by atomic mass is 32.2. The molecule has 1 atom stereocenters. The van der Waals surface area contributed by atoms with Crippen molar-refractivity contribution in [1.82, 2.24) is 20.3 Å². The summed E-state index contributed by atoms with van der Waals surface area (Å²) in [5, 5.41) is 10.9. The molecule has 1 unspecified atom stereocenters. The topological polar surface area (TPSA) is 102 Å². The fraction of sp³-hybridized carbons (Fsp3) is 0.312. The van der Waals surface area contributed by atoms with Crippen LogP contribution in [-0.4, -0.2) is 40.3 Å². The number of H-pyrrole nitrogens is 1. The lowest BCUT2D eigenvalue weighted by atomic mass is 10.1. The van der Waals surface area contributed by atoms with Gasteiger partial charge in [0.15, 0.2) is 9.84 Å². The fourth-order valence-corrected chi connectivity index (χ4v) is 4.81. The number of hydrogen-bond acceptors (Lipinski definition) is 6. The maximum absolute atomic E-state index is 11.5. The standard InChI is InChI=1S/C16H16N4O3S/c21-24(22)8-6-11(10-24)9-15-18-16(20-23-15)13-3-1-12(2-4-13)14-5-7-17-19-14/h1-5,7,11H,6,8-10H2,(H,17,19). The summed E-state index contributed by atoms with van der Waals surface area (Å²) < 4.78 is 28.3. The number of aromatic nitrogens is 4. The van der Waals surface area contributed by atoms with Gasteiger partial charge in [0.05, 0.1) is 17.2 Å². The molecule has 1 fully saturated rings. The molecule has 1 saturated heterocycles. The number of hydrogen-bond donors (Lipinski definition) is 1. The van der Waals surface area contributed by atoms with Gasteiger partial charge in [-0.05, 0) is 24.0 Å². The first kappa shape index (κ1) is 15.1. The van der Waals surface area contributed by atoms with Gasteiger partial charge in [-0.1, -0.05) is 29.4 Å². The summed E-state index contributed by atoms with van der Waals surface area (Å²) in [4.78, 5) is 4.39. The average molecular weight is 344 g/mol. The van der Waals surface area contributed by atoms with Gasteiger partial charge in [0.25, 0.3) is 0 Å². The molecule has 0 spiro atoms. The Bertz CT molecular complexity index is 930. The van der Waals surface area contributed by atoms with Gasteiger partial charge in [-0.15, -0.1) is 0 Å². The van der Waals surface area contributed by atoms with Crippen LogP contribution < -0.4 is 0 Å². The largest absolute Gasteiger partial charge is 0.339 e.